The molecule has 2 aromatic heterocycles. The number of nitrogens with one attached hydrogen (secondary N) is 1. The second-order valence-corrected chi connectivity index (χ2v) is 8.47. The van der Waals surface area contributed by atoms with E-state index in [4.69, 9.17) is 4.74 Å². The fourth-order valence-corrected chi connectivity index (χ4v) is 4.37. The number of ether oxygens (including phenoxy) is 1. The highest BCUT2D eigenvalue weighted by Gasteiger charge is 2.27. The number of rotatable bonds is 6. The van der Waals surface area contributed by atoms with Crippen molar-refractivity contribution in [3.63, 3.8) is 0 Å². The number of benzene rings is 2. The van der Waals surface area contributed by atoms with Crippen LogP contribution in [0.25, 0.3) is 16.8 Å². The molecule has 2 aromatic carbocycles. The van der Waals surface area contributed by atoms with Crippen LogP contribution >= 0.6 is 0 Å². The molecule has 0 unspecified atom stereocenters. The van der Waals surface area contributed by atoms with Crippen LogP contribution < -0.4 is 15.0 Å². The van der Waals surface area contributed by atoms with Gasteiger partial charge in [0.15, 0.2) is 5.82 Å². The van der Waals surface area contributed by atoms with Gasteiger partial charge in [-0.2, -0.15) is 5.10 Å². The smallest absolute Gasteiger partial charge is 0.225 e. The van der Waals surface area contributed by atoms with Gasteiger partial charge in [-0.15, -0.1) is 0 Å². The number of methoxy groups -OCH3 is 1. The number of aromatic nitrogens is 3. The van der Waals surface area contributed by atoms with Gasteiger partial charge in [0.05, 0.1) is 18.7 Å². The van der Waals surface area contributed by atoms with Crippen LogP contribution in [0, 0.1) is 11.7 Å². The summed E-state index contributed by atoms with van der Waals surface area (Å²) in [4.78, 5) is 19.7. The lowest BCUT2D eigenvalue weighted by molar-refractivity contribution is -0.125. The van der Waals surface area contributed by atoms with Gasteiger partial charge in [0.1, 0.15) is 17.1 Å². The first-order valence-corrected chi connectivity index (χ1v) is 11.4. The zero-order valence-corrected chi connectivity index (χ0v) is 18.9. The minimum Gasteiger partial charge on any atom is -0.497 e. The van der Waals surface area contributed by atoms with Crippen LogP contribution in [0.3, 0.4) is 0 Å². The van der Waals surface area contributed by atoms with E-state index in [-0.39, 0.29) is 17.6 Å². The van der Waals surface area contributed by atoms with Crippen molar-refractivity contribution in [1.82, 2.24) is 19.9 Å². The summed E-state index contributed by atoms with van der Waals surface area (Å²) < 4.78 is 20.3. The van der Waals surface area contributed by atoms with E-state index in [0.29, 0.717) is 13.1 Å². The molecule has 0 radical (unpaired) electrons. The Bertz CT molecular complexity index is 1290. The van der Waals surface area contributed by atoms with E-state index in [9.17, 15) is 9.18 Å². The molecule has 1 atom stereocenters. The zero-order valence-electron chi connectivity index (χ0n) is 18.9. The molecular formula is C26H26FN5O2. The molecule has 1 aliphatic heterocycles. The maximum atomic E-state index is 13.3. The van der Waals surface area contributed by atoms with E-state index in [1.54, 1.807) is 36.2 Å². The quantitative estimate of drug-likeness (QED) is 0.471. The Balaban J connectivity index is 1.30. The molecule has 174 valence electrons. The third-order valence-corrected chi connectivity index (χ3v) is 6.23. The molecule has 34 heavy (non-hydrogen) atoms. The van der Waals surface area contributed by atoms with Gasteiger partial charge in [-0.3, -0.25) is 4.79 Å². The standard InChI is InChI=1S/C26H26FN5O2/c1-34-22-10-4-18(5-11-22)16-29-26(33)20-3-2-13-31(17-20)25-24-15-23(30-32(24)14-12-28-25)19-6-8-21(27)9-7-19/h4-12,14-15,20H,2-3,13,16-17H2,1H3,(H,29,33)/t20-/m1/s1. The Labute approximate surface area is 197 Å². The van der Waals surface area contributed by atoms with E-state index in [1.807, 2.05) is 30.3 Å². The number of carbonyl (C=O) groups excluding carboxylic acids is 1. The van der Waals surface area contributed by atoms with Gasteiger partial charge in [0, 0.05) is 37.6 Å². The summed E-state index contributed by atoms with van der Waals surface area (Å²) in [5.74, 6) is 1.25. The SMILES string of the molecule is COc1ccc(CNC(=O)[C@@H]2CCCN(c3nccn4nc(-c5ccc(F)cc5)cc34)C2)cc1. The van der Waals surface area contributed by atoms with E-state index in [1.165, 1.54) is 12.1 Å². The fraction of sp³-hybridized carbons (Fsp3) is 0.269. The fourth-order valence-electron chi connectivity index (χ4n) is 4.37. The average molecular weight is 460 g/mol. The Kier molecular flexibility index (Phi) is 6.12. The summed E-state index contributed by atoms with van der Waals surface area (Å²) in [6, 6.07) is 15.9. The first kappa shape index (κ1) is 21.9. The highest BCUT2D eigenvalue weighted by Crippen LogP contribution is 2.28. The molecule has 1 fully saturated rings. The van der Waals surface area contributed by atoms with Crippen LogP contribution in [0.5, 0.6) is 5.75 Å². The van der Waals surface area contributed by atoms with Crippen molar-refractivity contribution in [3.8, 4) is 17.0 Å². The highest BCUT2D eigenvalue weighted by atomic mass is 19.1. The van der Waals surface area contributed by atoms with E-state index < -0.39 is 0 Å². The summed E-state index contributed by atoms with van der Waals surface area (Å²) in [5.41, 5.74) is 3.48. The molecule has 1 N–H and O–H groups in total. The summed E-state index contributed by atoms with van der Waals surface area (Å²) in [5, 5.41) is 7.71. The van der Waals surface area contributed by atoms with E-state index in [0.717, 1.165) is 53.3 Å². The molecule has 0 bridgehead atoms. The van der Waals surface area contributed by atoms with Crippen LogP contribution in [0.4, 0.5) is 10.2 Å². The molecule has 1 saturated heterocycles. The number of carbonyl (C=O) groups is 1. The number of amides is 1. The van der Waals surface area contributed by atoms with Crippen molar-refractivity contribution in [3.05, 3.63) is 78.4 Å². The molecular weight excluding hydrogens is 433 g/mol. The lowest BCUT2D eigenvalue weighted by Gasteiger charge is -2.33. The second-order valence-electron chi connectivity index (χ2n) is 8.47. The predicted octanol–water partition coefficient (Wildman–Crippen LogP) is 4.08. The van der Waals surface area contributed by atoms with Crippen LogP contribution in [0.2, 0.25) is 0 Å². The van der Waals surface area contributed by atoms with Crippen molar-refractivity contribution >= 4 is 17.2 Å². The van der Waals surface area contributed by atoms with E-state index >= 15 is 0 Å². The van der Waals surface area contributed by atoms with Gasteiger partial charge in [-0.1, -0.05) is 12.1 Å². The van der Waals surface area contributed by atoms with Crippen molar-refractivity contribution in [1.29, 1.82) is 0 Å². The third-order valence-electron chi connectivity index (χ3n) is 6.23. The monoisotopic (exact) mass is 459 g/mol. The molecule has 8 heteroatoms. The van der Waals surface area contributed by atoms with Gasteiger partial charge >= 0.3 is 0 Å². The average Bonchev–Trinajstić information content (AvgIpc) is 3.32. The zero-order chi connectivity index (χ0) is 23.5. The molecule has 0 saturated carbocycles. The molecule has 5 rings (SSSR count). The predicted molar refractivity (Wildman–Crippen MR) is 128 cm³/mol. The summed E-state index contributed by atoms with van der Waals surface area (Å²) in [6.07, 6.45) is 5.27. The van der Waals surface area contributed by atoms with Gasteiger partial charge in [0.25, 0.3) is 0 Å². The van der Waals surface area contributed by atoms with Crippen molar-refractivity contribution in [2.45, 2.75) is 19.4 Å². The van der Waals surface area contributed by atoms with E-state index in [2.05, 4.69) is 20.3 Å². The molecule has 0 spiro atoms. The summed E-state index contributed by atoms with van der Waals surface area (Å²) in [7, 11) is 1.63. The van der Waals surface area contributed by atoms with Crippen LogP contribution in [0.15, 0.2) is 67.0 Å². The molecule has 0 aliphatic carbocycles. The number of halogens is 1. The van der Waals surface area contributed by atoms with Gasteiger partial charge in [0.2, 0.25) is 5.91 Å². The Morgan fingerprint density at radius 1 is 1.18 bits per heavy atom. The second kappa shape index (κ2) is 9.51. The number of anilines is 1. The molecule has 7 nitrogen and oxygen atoms in total. The van der Waals surface area contributed by atoms with Crippen LogP contribution in [0.1, 0.15) is 18.4 Å². The maximum absolute atomic E-state index is 13.3. The number of nitrogens with zero attached hydrogens (tertiary/aromatic N) is 4. The summed E-state index contributed by atoms with van der Waals surface area (Å²) >= 11 is 0. The molecule has 4 aromatic rings. The Morgan fingerprint density at radius 3 is 2.74 bits per heavy atom. The van der Waals surface area contributed by atoms with Crippen molar-refractivity contribution < 1.29 is 13.9 Å². The Morgan fingerprint density at radius 2 is 1.97 bits per heavy atom. The van der Waals surface area contributed by atoms with Crippen molar-refractivity contribution in [2.75, 3.05) is 25.1 Å². The van der Waals surface area contributed by atoms with Gasteiger partial charge < -0.3 is 15.0 Å². The number of hydrogen-bond acceptors (Lipinski definition) is 5. The number of fused-ring (bicyclic) bond motifs is 1. The van der Waals surface area contributed by atoms with Crippen LogP contribution in [-0.2, 0) is 11.3 Å². The first-order chi connectivity index (χ1) is 16.6. The third kappa shape index (κ3) is 4.57. The van der Waals surface area contributed by atoms with Gasteiger partial charge in [-0.25, -0.2) is 13.9 Å². The minimum atomic E-state index is -0.278. The molecule has 3 heterocycles. The number of hydrogen-bond donors (Lipinski definition) is 1. The lowest BCUT2D eigenvalue weighted by atomic mass is 9.97. The Hall–Kier alpha value is -3.94. The van der Waals surface area contributed by atoms with Gasteiger partial charge in [-0.05, 0) is 60.9 Å². The highest BCUT2D eigenvalue weighted by molar-refractivity contribution is 5.81. The largest absolute Gasteiger partial charge is 0.497 e. The lowest BCUT2D eigenvalue weighted by Crippen LogP contribution is -2.43. The molecule has 1 amide bonds. The topological polar surface area (TPSA) is 71.8 Å². The number of piperidine rings is 1. The van der Waals surface area contributed by atoms with Crippen LogP contribution in [-0.4, -0.2) is 40.7 Å². The van der Waals surface area contributed by atoms with Crippen molar-refractivity contribution in [2.24, 2.45) is 5.92 Å². The minimum absolute atomic E-state index is 0.0491. The molecule has 1 aliphatic rings. The maximum Gasteiger partial charge on any atom is 0.225 e. The first-order valence-electron chi connectivity index (χ1n) is 11.4. The normalized spacial score (nSPS) is 15.9. The summed E-state index contributed by atoms with van der Waals surface area (Å²) in [6.45, 7) is 1.90.